The molecule has 8 nitrogen and oxygen atoms in total. The molecule has 5 rings (SSSR count). The molecule has 0 spiro atoms. The average Bonchev–Trinajstić information content (AvgIpc) is 3.41. The Balaban J connectivity index is 1.37. The lowest BCUT2D eigenvalue weighted by molar-refractivity contribution is -0.110. The number of nitrogens with one attached hydrogen (secondary N) is 1. The number of nitrogens with zero attached hydrogens (tertiary/aromatic N) is 2. The van der Waals surface area contributed by atoms with Gasteiger partial charge in [0.05, 0.1) is 35.2 Å². The Labute approximate surface area is 201 Å². The quantitative estimate of drug-likeness (QED) is 0.398. The molecule has 2 aromatic carbocycles. The van der Waals surface area contributed by atoms with E-state index in [0.717, 1.165) is 49.7 Å². The van der Waals surface area contributed by atoms with Crippen LogP contribution in [0.25, 0.3) is 22.5 Å². The number of halogens is 1. The number of fused-ring (bicyclic) bond motifs is 1. The summed E-state index contributed by atoms with van der Waals surface area (Å²) in [6.45, 7) is 6.58. The topological polar surface area (TPSA) is 97.1 Å². The highest BCUT2D eigenvalue weighted by Crippen LogP contribution is 2.42. The Bertz CT molecular complexity index is 1250. The van der Waals surface area contributed by atoms with Crippen LogP contribution in [0.5, 0.6) is 5.75 Å². The van der Waals surface area contributed by atoms with Gasteiger partial charge in [-0.25, -0.2) is 0 Å². The Hall–Kier alpha value is -3.33. The number of aromatic nitrogens is 1. The number of anilines is 1. The molecule has 1 aromatic heterocycles. The van der Waals surface area contributed by atoms with E-state index in [0.29, 0.717) is 28.6 Å². The van der Waals surface area contributed by atoms with Gasteiger partial charge in [0.15, 0.2) is 5.76 Å². The van der Waals surface area contributed by atoms with E-state index in [2.05, 4.69) is 15.4 Å². The lowest BCUT2D eigenvalue weighted by Gasteiger charge is -2.26. The monoisotopic (exact) mass is 481 g/mol. The second-order valence-electron chi connectivity index (χ2n) is 8.21. The van der Waals surface area contributed by atoms with Crippen LogP contribution in [0.3, 0.4) is 0 Å². The lowest BCUT2D eigenvalue weighted by Crippen LogP contribution is -2.38. The Kier molecular flexibility index (Phi) is 6.28. The zero-order valence-corrected chi connectivity index (χ0v) is 19.4. The molecule has 1 saturated heterocycles. The van der Waals surface area contributed by atoms with E-state index in [9.17, 15) is 9.90 Å². The molecule has 0 saturated carbocycles. The molecular weight excluding hydrogens is 458 g/mol. The van der Waals surface area contributed by atoms with E-state index in [1.165, 1.54) is 0 Å². The van der Waals surface area contributed by atoms with Gasteiger partial charge in [0.1, 0.15) is 12.4 Å². The van der Waals surface area contributed by atoms with E-state index in [-0.39, 0.29) is 17.1 Å². The fourth-order valence-electron chi connectivity index (χ4n) is 4.09. The number of aryl methyl sites for hydroxylation is 1. The van der Waals surface area contributed by atoms with E-state index in [1.807, 2.05) is 24.3 Å². The molecule has 2 aliphatic rings. The minimum Gasteiger partial charge on any atom is -0.504 e. The van der Waals surface area contributed by atoms with Crippen LogP contribution in [-0.4, -0.2) is 60.5 Å². The fraction of sp³-hybridized carbons (Fsp3) is 0.280. The predicted molar refractivity (Wildman–Crippen MR) is 129 cm³/mol. The van der Waals surface area contributed by atoms with Gasteiger partial charge >= 0.3 is 0 Å². The van der Waals surface area contributed by atoms with Gasteiger partial charge in [0.25, 0.3) is 5.91 Å². The molecule has 0 aliphatic carbocycles. The maximum Gasteiger partial charge on any atom is 0.260 e. The molecule has 0 unspecified atom stereocenters. The maximum atomic E-state index is 12.6. The van der Waals surface area contributed by atoms with E-state index >= 15 is 0 Å². The zero-order valence-electron chi connectivity index (χ0n) is 18.6. The summed E-state index contributed by atoms with van der Waals surface area (Å²) in [4.78, 5) is 14.9. The largest absolute Gasteiger partial charge is 0.504 e. The van der Waals surface area contributed by atoms with Crippen molar-refractivity contribution >= 4 is 34.5 Å². The van der Waals surface area contributed by atoms with Crippen LogP contribution in [0.1, 0.15) is 17.0 Å². The van der Waals surface area contributed by atoms with Gasteiger partial charge in [0, 0.05) is 36.8 Å². The van der Waals surface area contributed by atoms with Gasteiger partial charge in [-0.15, -0.1) is 0 Å². The second kappa shape index (κ2) is 9.50. The minimum atomic E-state index is -0.432. The first-order chi connectivity index (χ1) is 16.5. The third kappa shape index (κ3) is 4.52. The molecule has 1 amide bonds. The van der Waals surface area contributed by atoms with Crippen molar-refractivity contribution < 1.29 is 23.9 Å². The number of aliphatic hydroxyl groups is 1. The first-order valence-corrected chi connectivity index (χ1v) is 11.4. The second-order valence-corrected chi connectivity index (χ2v) is 8.62. The summed E-state index contributed by atoms with van der Waals surface area (Å²) < 4.78 is 16.4. The summed E-state index contributed by atoms with van der Waals surface area (Å²) >= 11 is 6.54. The predicted octanol–water partition coefficient (Wildman–Crippen LogP) is 4.39. The molecule has 2 aliphatic heterocycles. The van der Waals surface area contributed by atoms with Crippen LogP contribution >= 0.6 is 11.6 Å². The number of morpholine rings is 1. The Morgan fingerprint density at radius 2 is 1.94 bits per heavy atom. The zero-order chi connectivity index (χ0) is 23.7. The van der Waals surface area contributed by atoms with Crippen LogP contribution in [0, 0.1) is 6.92 Å². The molecule has 176 valence electrons. The number of ether oxygens (including phenoxy) is 2. The van der Waals surface area contributed by atoms with Crippen LogP contribution in [0.4, 0.5) is 5.69 Å². The van der Waals surface area contributed by atoms with Crippen LogP contribution < -0.4 is 10.1 Å². The maximum absolute atomic E-state index is 12.6. The molecule has 34 heavy (non-hydrogen) atoms. The standard InChI is InChI=1S/C25H24ClN3O5/c1-15-12-22(34-28-15)24(30)23-19-13-18(20(26)14-21(19)27-25(23)31)16-2-4-17(5-3-16)33-11-8-29-6-9-32-10-7-29/h2-5,12-14,30H,6-11H2,1H3,(H,27,31)/b24-23+. The highest BCUT2D eigenvalue weighted by molar-refractivity contribution is 6.38. The summed E-state index contributed by atoms with van der Waals surface area (Å²) in [5, 5.41) is 17.7. The van der Waals surface area contributed by atoms with Crippen LogP contribution in [0.15, 0.2) is 47.0 Å². The van der Waals surface area contributed by atoms with Crippen molar-refractivity contribution in [3.05, 3.63) is 64.5 Å². The molecule has 0 bridgehead atoms. The minimum absolute atomic E-state index is 0.118. The molecule has 9 heteroatoms. The van der Waals surface area contributed by atoms with Gasteiger partial charge in [-0.05, 0) is 36.8 Å². The number of hydrogen-bond acceptors (Lipinski definition) is 7. The molecule has 3 aromatic rings. The normalized spacial score (nSPS) is 17.4. The van der Waals surface area contributed by atoms with Crippen molar-refractivity contribution in [2.75, 3.05) is 44.8 Å². The summed E-state index contributed by atoms with van der Waals surface area (Å²) in [5.41, 5.74) is 3.39. The number of benzene rings is 2. The number of carbonyl (C=O) groups excluding carboxylic acids is 1. The number of rotatable bonds is 6. The summed E-state index contributed by atoms with van der Waals surface area (Å²) in [6.07, 6.45) is 0. The van der Waals surface area contributed by atoms with Gasteiger partial charge in [-0.3, -0.25) is 9.69 Å². The summed E-state index contributed by atoms with van der Waals surface area (Å²) in [6, 6.07) is 12.7. The third-order valence-corrected chi connectivity index (χ3v) is 6.21. The van der Waals surface area contributed by atoms with Crippen molar-refractivity contribution in [2.24, 2.45) is 0 Å². The van der Waals surface area contributed by atoms with Crippen molar-refractivity contribution in [1.29, 1.82) is 0 Å². The average molecular weight is 482 g/mol. The van der Waals surface area contributed by atoms with E-state index < -0.39 is 5.91 Å². The highest BCUT2D eigenvalue weighted by atomic mass is 35.5. The Morgan fingerprint density at radius 1 is 1.18 bits per heavy atom. The molecule has 2 N–H and O–H groups in total. The van der Waals surface area contributed by atoms with Crippen molar-refractivity contribution in [2.45, 2.75) is 6.92 Å². The third-order valence-electron chi connectivity index (χ3n) is 5.90. The van der Waals surface area contributed by atoms with Gasteiger partial charge in [-0.1, -0.05) is 28.9 Å². The van der Waals surface area contributed by atoms with Crippen LogP contribution in [0.2, 0.25) is 5.02 Å². The smallest absolute Gasteiger partial charge is 0.260 e. The molecular formula is C25H24ClN3O5. The van der Waals surface area contributed by atoms with E-state index in [4.69, 9.17) is 25.6 Å². The van der Waals surface area contributed by atoms with Gasteiger partial charge < -0.3 is 24.4 Å². The lowest BCUT2D eigenvalue weighted by atomic mass is 9.98. The molecule has 0 atom stereocenters. The Morgan fingerprint density at radius 3 is 2.65 bits per heavy atom. The summed E-state index contributed by atoms with van der Waals surface area (Å²) in [7, 11) is 0. The van der Waals surface area contributed by atoms with Crippen LogP contribution in [-0.2, 0) is 9.53 Å². The molecule has 0 radical (unpaired) electrons. The van der Waals surface area contributed by atoms with E-state index in [1.54, 1.807) is 25.1 Å². The SMILES string of the molecule is Cc1cc(/C(O)=C2\C(=O)Nc3cc(Cl)c(-c4ccc(OCCN5CCOCC5)cc4)cc32)on1. The first-order valence-electron chi connectivity index (χ1n) is 11.0. The summed E-state index contributed by atoms with van der Waals surface area (Å²) in [5.74, 6) is 0.198. The van der Waals surface area contributed by atoms with Gasteiger partial charge in [-0.2, -0.15) is 0 Å². The van der Waals surface area contributed by atoms with Crippen molar-refractivity contribution in [3.8, 4) is 16.9 Å². The number of amides is 1. The van der Waals surface area contributed by atoms with Crippen molar-refractivity contribution in [3.63, 3.8) is 0 Å². The fourth-order valence-corrected chi connectivity index (χ4v) is 4.37. The van der Waals surface area contributed by atoms with Gasteiger partial charge in [0.2, 0.25) is 5.76 Å². The first kappa shape index (κ1) is 22.5. The number of carbonyl (C=O) groups is 1. The van der Waals surface area contributed by atoms with Crippen molar-refractivity contribution in [1.82, 2.24) is 10.1 Å². The molecule has 3 heterocycles. The molecule has 1 fully saturated rings. The number of hydrogen-bond donors (Lipinski definition) is 2. The number of aliphatic hydroxyl groups excluding tert-OH is 1. The highest BCUT2D eigenvalue weighted by Gasteiger charge is 2.31.